The summed E-state index contributed by atoms with van der Waals surface area (Å²) in [4.78, 5) is 34.1. The molecule has 1 aromatic heterocycles. The number of likely N-dealkylation sites (N-methyl/N-ethyl adjacent to an activating group) is 1. The summed E-state index contributed by atoms with van der Waals surface area (Å²) in [7, 11) is 6.10. The lowest BCUT2D eigenvalue weighted by molar-refractivity contribution is -0.171. The number of hydrogen-bond donors (Lipinski definition) is 0. The molecule has 0 radical (unpaired) electrons. The minimum Gasteiger partial charge on any atom is -0.497 e. The van der Waals surface area contributed by atoms with Crippen LogP contribution < -0.4 is 9.64 Å². The van der Waals surface area contributed by atoms with Crippen LogP contribution in [0.1, 0.15) is 47.5 Å². The van der Waals surface area contributed by atoms with Crippen molar-refractivity contribution in [3.63, 3.8) is 0 Å². The largest absolute Gasteiger partial charge is 0.497 e. The Labute approximate surface area is 226 Å². The highest BCUT2D eigenvalue weighted by Gasteiger charge is 2.47. The summed E-state index contributed by atoms with van der Waals surface area (Å²) >= 11 is 6.25. The molecule has 208 valence electrons. The van der Waals surface area contributed by atoms with Crippen molar-refractivity contribution in [3.8, 4) is 5.75 Å². The van der Waals surface area contributed by atoms with Gasteiger partial charge in [-0.3, -0.25) is 9.59 Å². The molecule has 0 bridgehead atoms. The molecule has 1 aliphatic rings. The standard InChI is InChI=1S/C27H34ClF3N4O3/c1-33(2)25(36)21-10-11-22(32-24(21)28)35-15-12-18(13-16-35)7-6-14-34(3)26(37)23(27(29,30)31)19-8-5-9-20(17-19)38-4/h5,8-11,17-18,23H,6-7,12-16H2,1-4H3. The highest BCUT2D eigenvalue weighted by Crippen LogP contribution is 2.37. The number of carbonyl (C=O) groups excluding carboxylic acids is 2. The molecule has 0 spiro atoms. The van der Waals surface area contributed by atoms with Crippen molar-refractivity contribution in [1.82, 2.24) is 14.8 Å². The van der Waals surface area contributed by atoms with Crippen LogP contribution in [-0.4, -0.2) is 80.7 Å². The quantitative estimate of drug-likeness (QED) is 0.396. The number of alkyl halides is 3. The summed E-state index contributed by atoms with van der Waals surface area (Å²) in [6.07, 6.45) is -1.50. The number of ether oxygens (including phenoxy) is 1. The lowest BCUT2D eigenvalue weighted by Gasteiger charge is -2.33. The zero-order valence-electron chi connectivity index (χ0n) is 22.1. The Kier molecular flexibility index (Phi) is 9.87. The third-order valence-electron chi connectivity index (χ3n) is 6.89. The number of benzene rings is 1. The zero-order chi connectivity index (χ0) is 28.0. The molecule has 1 aliphatic heterocycles. The molecule has 1 atom stereocenters. The number of pyridine rings is 1. The van der Waals surface area contributed by atoms with Gasteiger partial charge in [-0.05, 0) is 61.4 Å². The Morgan fingerprint density at radius 3 is 2.42 bits per heavy atom. The van der Waals surface area contributed by atoms with Crippen molar-refractivity contribution < 1.29 is 27.5 Å². The topological polar surface area (TPSA) is 66.0 Å². The van der Waals surface area contributed by atoms with E-state index in [1.807, 2.05) is 0 Å². The van der Waals surface area contributed by atoms with E-state index in [-0.39, 0.29) is 28.9 Å². The molecule has 0 N–H and O–H groups in total. The average molecular weight is 555 g/mol. The fourth-order valence-electron chi connectivity index (χ4n) is 4.69. The van der Waals surface area contributed by atoms with Crippen LogP contribution >= 0.6 is 11.6 Å². The smallest absolute Gasteiger partial charge is 0.404 e. The normalized spacial score (nSPS) is 15.2. The maximum atomic E-state index is 13.8. The van der Waals surface area contributed by atoms with E-state index in [1.54, 1.807) is 32.3 Å². The van der Waals surface area contributed by atoms with E-state index in [0.29, 0.717) is 23.7 Å². The molecule has 2 aromatic rings. The van der Waals surface area contributed by atoms with Crippen molar-refractivity contribution in [2.24, 2.45) is 5.92 Å². The van der Waals surface area contributed by atoms with Crippen molar-refractivity contribution in [1.29, 1.82) is 0 Å². The van der Waals surface area contributed by atoms with Crippen LogP contribution in [0.2, 0.25) is 5.15 Å². The molecule has 2 amide bonds. The molecule has 1 saturated heterocycles. The van der Waals surface area contributed by atoms with Gasteiger partial charge in [0.05, 0.1) is 12.7 Å². The lowest BCUT2D eigenvalue weighted by Crippen LogP contribution is -2.39. The van der Waals surface area contributed by atoms with Crippen molar-refractivity contribution >= 4 is 29.2 Å². The molecular formula is C27H34ClF3N4O3. The summed E-state index contributed by atoms with van der Waals surface area (Å²) in [6, 6.07) is 9.04. The van der Waals surface area contributed by atoms with Crippen LogP contribution in [0.25, 0.3) is 0 Å². The van der Waals surface area contributed by atoms with Gasteiger partial charge in [0.2, 0.25) is 5.91 Å². The second-order valence-electron chi connectivity index (χ2n) is 9.79. The number of amides is 2. The number of carbonyl (C=O) groups is 2. The Hall–Kier alpha value is -3.01. The molecule has 38 heavy (non-hydrogen) atoms. The van der Waals surface area contributed by atoms with E-state index in [1.165, 1.54) is 42.2 Å². The van der Waals surface area contributed by atoms with Crippen LogP contribution in [0.4, 0.5) is 19.0 Å². The second-order valence-corrected chi connectivity index (χ2v) is 10.1. The van der Waals surface area contributed by atoms with E-state index < -0.39 is 18.0 Å². The number of piperidine rings is 1. The molecule has 1 aromatic carbocycles. The maximum Gasteiger partial charge on any atom is 0.404 e. The van der Waals surface area contributed by atoms with Crippen LogP contribution in [0.5, 0.6) is 5.75 Å². The second kappa shape index (κ2) is 12.7. The lowest BCUT2D eigenvalue weighted by atomic mass is 9.92. The molecule has 0 aliphatic carbocycles. The van der Waals surface area contributed by atoms with Gasteiger partial charge in [-0.15, -0.1) is 0 Å². The summed E-state index contributed by atoms with van der Waals surface area (Å²) in [6.45, 7) is 1.76. The summed E-state index contributed by atoms with van der Waals surface area (Å²) in [5, 5.41) is 0.169. The molecule has 0 saturated carbocycles. The van der Waals surface area contributed by atoms with Gasteiger partial charge in [0, 0.05) is 40.8 Å². The first-order valence-corrected chi connectivity index (χ1v) is 12.9. The molecule has 11 heteroatoms. The predicted octanol–water partition coefficient (Wildman–Crippen LogP) is 5.25. The first-order chi connectivity index (χ1) is 17.9. The van der Waals surface area contributed by atoms with Gasteiger partial charge in [0.1, 0.15) is 16.7 Å². The first-order valence-electron chi connectivity index (χ1n) is 12.5. The number of halogens is 4. The Morgan fingerprint density at radius 2 is 1.84 bits per heavy atom. The number of hydrogen-bond acceptors (Lipinski definition) is 5. The SMILES string of the molecule is COc1cccc(C(C(=O)N(C)CCCC2CCN(c3ccc(C(=O)N(C)C)c(Cl)n3)CC2)C(F)(F)F)c1. The van der Waals surface area contributed by atoms with Gasteiger partial charge >= 0.3 is 6.18 Å². The fourth-order valence-corrected chi connectivity index (χ4v) is 4.92. The minimum atomic E-state index is -4.71. The summed E-state index contributed by atoms with van der Waals surface area (Å²) in [5.74, 6) is -2.03. The molecule has 3 rings (SSSR count). The number of methoxy groups -OCH3 is 1. The van der Waals surface area contributed by atoms with E-state index >= 15 is 0 Å². The highest BCUT2D eigenvalue weighted by atomic mass is 35.5. The van der Waals surface area contributed by atoms with E-state index in [2.05, 4.69) is 9.88 Å². The van der Waals surface area contributed by atoms with Crippen LogP contribution in [0.3, 0.4) is 0 Å². The van der Waals surface area contributed by atoms with Crippen molar-refractivity contribution in [2.45, 2.75) is 37.8 Å². The molecule has 2 heterocycles. The fraction of sp³-hybridized carbons (Fsp3) is 0.519. The Bertz CT molecular complexity index is 1120. The highest BCUT2D eigenvalue weighted by molar-refractivity contribution is 6.32. The first kappa shape index (κ1) is 29.5. The van der Waals surface area contributed by atoms with Crippen molar-refractivity contribution in [3.05, 3.63) is 52.7 Å². The summed E-state index contributed by atoms with van der Waals surface area (Å²) < 4.78 is 46.5. The minimum absolute atomic E-state index is 0.131. The number of anilines is 1. The van der Waals surface area contributed by atoms with Crippen LogP contribution in [0, 0.1) is 5.92 Å². The van der Waals surface area contributed by atoms with Gasteiger partial charge in [-0.25, -0.2) is 4.98 Å². The monoisotopic (exact) mass is 554 g/mol. The van der Waals surface area contributed by atoms with E-state index in [9.17, 15) is 22.8 Å². The van der Waals surface area contributed by atoms with Crippen molar-refractivity contribution in [2.75, 3.05) is 52.8 Å². The summed E-state index contributed by atoms with van der Waals surface area (Å²) in [5.41, 5.74) is 0.224. The van der Waals surface area contributed by atoms with Gasteiger partial charge in [0.15, 0.2) is 5.92 Å². The van der Waals surface area contributed by atoms with Crippen LogP contribution in [0.15, 0.2) is 36.4 Å². The third kappa shape index (κ3) is 7.30. The molecule has 1 unspecified atom stereocenters. The molecule has 7 nitrogen and oxygen atoms in total. The zero-order valence-corrected chi connectivity index (χ0v) is 22.8. The Balaban J connectivity index is 1.51. The average Bonchev–Trinajstić information content (AvgIpc) is 2.87. The van der Waals surface area contributed by atoms with E-state index in [4.69, 9.17) is 16.3 Å². The number of rotatable bonds is 9. The number of nitrogens with zero attached hydrogens (tertiary/aromatic N) is 4. The van der Waals surface area contributed by atoms with Gasteiger partial charge < -0.3 is 19.4 Å². The maximum absolute atomic E-state index is 13.8. The van der Waals surface area contributed by atoms with Gasteiger partial charge in [-0.2, -0.15) is 13.2 Å². The number of aromatic nitrogens is 1. The third-order valence-corrected chi connectivity index (χ3v) is 7.18. The van der Waals surface area contributed by atoms with Crippen LogP contribution in [-0.2, 0) is 4.79 Å². The Morgan fingerprint density at radius 1 is 1.16 bits per heavy atom. The van der Waals surface area contributed by atoms with Gasteiger partial charge in [-0.1, -0.05) is 23.7 Å². The molecule has 1 fully saturated rings. The molecular weight excluding hydrogens is 521 g/mol. The van der Waals surface area contributed by atoms with Gasteiger partial charge in [0.25, 0.3) is 5.91 Å². The predicted molar refractivity (Wildman–Crippen MR) is 141 cm³/mol. The van der Waals surface area contributed by atoms with E-state index in [0.717, 1.165) is 32.4 Å².